The third kappa shape index (κ3) is 1.57. The van der Waals surface area contributed by atoms with E-state index in [4.69, 9.17) is 4.74 Å². The number of aromatic nitrogens is 4. The molecule has 1 aliphatic rings. The summed E-state index contributed by atoms with van der Waals surface area (Å²) in [5.41, 5.74) is 1.39. The third-order valence-corrected chi connectivity index (χ3v) is 2.56. The van der Waals surface area contributed by atoms with E-state index in [1.165, 1.54) is 6.33 Å². The van der Waals surface area contributed by atoms with Crippen LogP contribution < -0.4 is 4.90 Å². The maximum absolute atomic E-state index is 5.31. The lowest BCUT2D eigenvalue weighted by Gasteiger charge is -2.27. The molecule has 2 aromatic heterocycles. The molecule has 0 aliphatic carbocycles. The van der Waals surface area contributed by atoms with Gasteiger partial charge in [-0.25, -0.2) is 19.9 Å². The number of anilines is 1. The molecule has 1 saturated heterocycles. The normalized spacial score (nSPS) is 16.6. The second-order valence-corrected chi connectivity index (χ2v) is 3.53. The first-order valence-electron chi connectivity index (χ1n) is 5.19. The van der Waals surface area contributed by atoms with Crippen molar-refractivity contribution in [2.75, 3.05) is 31.2 Å². The molecule has 1 aliphatic heterocycles. The van der Waals surface area contributed by atoms with Gasteiger partial charge in [0.25, 0.3) is 0 Å². The van der Waals surface area contributed by atoms with Gasteiger partial charge in [-0.3, -0.25) is 0 Å². The van der Waals surface area contributed by atoms with E-state index in [2.05, 4.69) is 24.8 Å². The highest BCUT2D eigenvalue weighted by molar-refractivity contribution is 5.82. The van der Waals surface area contributed by atoms with Crippen LogP contribution in [0, 0.1) is 0 Å². The predicted molar refractivity (Wildman–Crippen MR) is 58.2 cm³/mol. The van der Waals surface area contributed by atoms with Gasteiger partial charge in [-0.15, -0.1) is 0 Å². The van der Waals surface area contributed by atoms with Crippen molar-refractivity contribution in [3.8, 4) is 0 Å². The van der Waals surface area contributed by atoms with Crippen LogP contribution in [0.25, 0.3) is 11.2 Å². The van der Waals surface area contributed by atoms with E-state index in [0.29, 0.717) is 5.65 Å². The molecule has 0 unspecified atom stereocenters. The Morgan fingerprint density at radius 2 is 1.81 bits per heavy atom. The van der Waals surface area contributed by atoms with Gasteiger partial charge < -0.3 is 9.64 Å². The van der Waals surface area contributed by atoms with E-state index < -0.39 is 0 Å². The van der Waals surface area contributed by atoms with Gasteiger partial charge in [0.2, 0.25) is 0 Å². The topological polar surface area (TPSA) is 64.0 Å². The first-order valence-corrected chi connectivity index (χ1v) is 5.19. The van der Waals surface area contributed by atoms with E-state index >= 15 is 0 Å². The fourth-order valence-corrected chi connectivity index (χ4v) is 1.79. The van der Waals surface area contributed by atoms with Crippen LogP contribution in [-0.4, -0.2) is 46.2 Å². The van der Waals surface area contributed by atoms with Gasteiger partial charge >= 0.3 is 0 Å². The Morgan fingerprint density at radius 3 is 2.69 bits per heavy atom. The molecule has 3 rings (SSSR count). The predicted octanol–water partition coefficient (Wildman–Crippen LogP) is 0.256. The fourth-order valence-electron chi connectivity index (χ4n) is 1.79. The summed E-state index contributed by atoms with van der Waals surface area (Å²) in [5, 5.41) is 0. The van der Waals surface area contributed by atoms with E-state index in [-0.39, 0.29) is 0 Å². The number of ether oxygens (including phenoxy) is 1. The molecule has 82 valence electrons. The van der Waals surface area contributed by atoms with Gasteiger partial charge in [-0.1, -0.05) is 0 Å². The van der Waals surface area contributed by atoms with Crippen molar-refractivity contribution in [3.63, 3.8) is 0 Å². The summed E-state index contributed by atoms with van der Waals surface area (Å²) in [7, 11) is 0. The first kappa shape index (κ1) is 9.41. The average molecular weight is 217 g/mol. The van der Waals surface area contributed by atoms with Crippen LogP contribution >= 0.6 is 0 Å². The van der Waals surface area contributed by atoms with Crippen LogP contribution in [0.4, 0.5) is 5.82 Å². The van der Waals surface area contributed by atoms with Crippen molar-refractivity contribution in [2.24, 2.45) is 0 Å². The number of nitrogens with zero attached hydrogens (tertiary/aromatic N) is 5. The summed E-state index contributed by atoms with van der Waals surface area (Å²) in [5.74, 6) is 0.849. The standard InChI is InChI=1S/C10H11N5O/c1-2-12-9-8(11-1)10(14-7-13-9)15-3-5-16-6-4-15/h1-2,7H,3-6H2. The third-order valence-electron chi connectivity index (χ3n) is 2.56. The second-order valence-electron chi connectivity index (χ2n) is 3.53. The summed E-state index contributed by atoms with van der Waals surface area (Å²) < 4.78 is 5.31. The lowest BCUT2D eigenvalue weighted by molar-refractivity contribution is 0.122. The van der Waals surface area contributed by atoms with Gasteiger partial charge in [0.15, 0.2) is 17.0 Å². The zero-order chi connectivity index (χ0) is 10.8. The second kappa shape index (κ2) is 3.97. The van der Waals surface area contributed by atoms with Crippen molar-refractivity contribution < 1.29 is 4.74 Å². The van der Waals surface area contributed by atoms with Crippen molar-refractivity contribution >= 4 is 17.0 Å². The van der Waals surface area contributed by atoms with Crippen LogP contribution in [0.1, 0.15) is 0 Å². The van der Waals surface area contributed by atoms with Crippen LogP contribution in [0.3, 0.4) is 0 Å². The van der Waals surface area contributed by atoms with E-state index in [9.17, 15) is 0 Å². The number of morpholine rings is 1. The Labute approximate surface area is 92.3 Å². The molecule has 3 heterocycles. The summed E-state index contributed by atoms with van der Waals surface area (Å²) in [6.45, 7) is 3.13. The monoisotopic (exact) mass is 217 g/mol. The number of rotatable bonds is 1. The molecule has 0 aromatic carbocycles. The van der Waals surface area contributed by atoms with Gasteiger partial charge in [0.05, 0.1) is 13.2 Å². The van der Waals surface area contributed by atoms with Crippen LogP contribution in [-0.2, 0) is 4.74 Å². The van der Waals surface area contributed by atoms with Crippen LogP contribution in [0.2, 0.25) is 0 Å². The molecule has 0 N–H and O–H groups in total. The van der Waals surface area contributed by atoms with Gasteiger partial charge in [0.1, 0.15) is 6.33 Å². The fraction of sp³-hybridized carbons (Fsp3) is 0.400. The molecule has 0 amide bonds. The van der Waals surface area contributed by atoms with E-state index in [0.717, 1.165) is 37.6 Å². The summed E-state index contributed by atoms with van der Waals surface area (Å²) >= 11 is 0. The van der Waals surface area contributed by atoms with E-state index in [1.54, 1.807) is 12.4 Å². The minimum Gasteiger partial charge on any atom is -0.378 e. The average Bonchev–Trinajstić information content (AvgIpc) is 2.39. The SMILES string of the molecule is c1cnc2c(N3CCOCC3)ncnc2n1. The van der Waals surface area contributed by atoms with E-state index in [1.807, 2.05) is 0 Å². The molecule has 16 heavy (non-hydrogen) atoms. The van der Waals surface area contributed by atoms with Gasteiger partial charge in [-0.2, -0.15) is 0 Å². The Kier molecular flexibility index (Phi) is 2.34. The highest BCUT2D eigenvalue weighted by Crippen LogP contribution is 2.19. The van der Waals surface area contributed by atoms with Gasteiger partial charge in [0, 0.05) is 25.5 Å². The maximum atomic E-state index is 5.31. The molecule has 6 nitrogen and oxygen atoms in total. The summed E-state index contributed by atoms with van der Waals surface area (Å²) in [4.78, 5) is 19.0. The lowest BCUT2D eigenvalue weighted by Crippen LogP contribution is -2.37. The Morgan fingerprint density at radius 1 is 1.00 bits per heavy atom. The molecule has 0 saturated carbocycles. The van der Waals surface area contributed by atoms with Crippen LogP contribution in [0.5, 0.6) is 0 Å². The Balaban J connectivity index is 2.08. The molecule has 0 spiro atoms. The highest BCUT2D eigenvalue weighted by atomic mass is 16.5. The number of fused-ring (bicyclic) bond motifs is 1. The zero-order valence-corrected chi connectivity index (χ0v) is 8.70. The maximum Gasteiger partial charge on any atom is 0.183 e. The molecule has 0 radical (unpaired) electrons. The lowest BCUT2D eigenvalue weighted by atomic mass is 10.3. The van der Waals surface area contributed by atoms with Gasteiger partial charge in [-0.05, 0) is 0 Å². The van der Waals surface area contributed by atoms with Crippen molar-refractivity contribution in [1.82, 2.24) is 19.9 Å². The summed E-state index contributed by atoms with van der Waals surface area (Å²) in [6, 6.07) is 0. The minimum atomic E-state index is 0.638. The molecule has 2 aromatic rings. The molecule has 6 heteroatoms. The van der Waals surface area contributed by atoms with Crippen molar-refractivity contribution in [3.05, 3.63) is 18.7 Å². The zero-order valence-electron chi connectivity index (χ0n) is 8.70. The minimum absolute atomic E-state index is 0.638. The number of hydrogen-bond acceptors (Lipinski definition) is 6. The van der Waals surface area contributed by atoms with Crippen LogP contribution in [0.15, 0.2) is 18.7 Å². The quantitative estimate of drug-likeness (QED) is 0.682. The highest BCUT2D eigenvalue weighted by Gasteiger charge is 2.16. The number of hydrogen-bond donors (Lipinski definition) is 0. The Hall–Kier alpha value is -1.82. The summed E-state index contributed by atoms with van der Waals surface area (Å²) in [6.07, 6.45) is 4.83. The molecular weight excluding hydrogens is 206 g/mol. The Bertz CT molecular complexity index is 492. The molecule has 1 fully saturated rings. The molecular formula is C10H11N5O. The molecule has 0 atom stereocenters. The first-order chi connectivity index (χ1) is 7.95. The smallest absolute Gasteiger partial charge is 0.183 e. The molecule has 0 bridgehead atoms. The van der Waals surface area contributed by atoms with Crippen molar-refractivity contribution in [1.29, 1.82) is 0 Å². The van der Waals surface area contributed by atoms with Crippen molar-refractivity contribution in [2.45, 2.75) is 0 Å². The largest absolute Gasteiger partial charge is 0.378 e.